The maximum Gasteiger partial charge on any atom is 0.237 e. The first-order valence-corrected chi connectivity index (χ1v) is 7.73. The molecular weight excluding hydrogens is 254 g/mol. The van der Waals surface area contributed by atoms with Gasteiger partial charge in [-0.1, -0.05) is 6.92 Å². The number of nitrogens with zero attached hydrogens (tertiary/aromatic N) is 2. The van der Waals surface area contributed by atoms with Crippen LogP contribution in [0.5, 0.6) is 0 Å². The molecule has 3 rings (SSSR count). The number of nitrogens with one attached hydrogen (secondary N) is 1. The molecule has 0 unspecified atom stereocenters. The van der Waals surface area contributed by atoms with Gasteiger partial charge in [0.15, 0.2) is 0 Å². The van der Waals surface area contributed by atoms with Gasteiger partial charge < -0.3 is 10.2 Å². The molecule has 3 aliphatic rings. The Balaban J connectivity index is 1.59. The minimum atomic E-state index is -0.0176. The summed E-state index contributed by atoms with van der Waals surface area (Å²) >= 11 is 0. The lowest BCUT2D eigenvalue weighted by Crippen LogP contribution is -2.46. The zero-order chi connectivity index (χ0) is 14.4. The number of likely N-dealkylation sites (tertiary alicyclic amines) is 2. The first kappa shape index (κ1) is 13.9. The van der Waals surface area contributed by atoms with Crippen LogP contribution in [0.25, 0.3) is 0 Å². The molecule has 1 N–H and O–H groups in total. The lowest BCUT2D eigenvalue weighted by atomic mass is 9.75. The number of carbonyl (C=O) groups excluding carboxylic acids is 2. The van der Waals surface area contributed by atoms with Gasteiger partial charge in [0, 0.05) is 32.1 Å². The summed E-state index contributed by atoms with van der Waals surface area (Å²) < 4.78 is 0. The highest BCUT2D eigenvalue weighted by molar-refractivity contribution is 5.82. The van der Waals surface area contributed by atoms with Gasteiger partial charge in [-0.2, -0.15) is 0 Å². The summed E-state index contributed by atoms with van der Waals surface area (Å²) in [4.78, 5) is 28.5. The first-order chi connectivity index (χ1) is 9.51. The Labute approximate surface area is 120 Å². The lowest BCUT2D eigenvalue weighted by molar-refractivity contribution is -0.139. The summed E-state index contributed by atoms with van der Waals surface area (Å²) in [6, 6.07) is 0.342. The van der Waals surface area contributed by atoms with Crippen LogP contribution in [0.15, 0.2) is 0 Å². The fourth-order valence-corrected chi connectivity index (χ4v) is 4.23. The van der Waals surface area contributed by atoms with Gasteiger partial charge >= 0.3 is 0 Å². The van der Waals surface area contributed by atoms with Crippen molar-refractivity contribution in [1.29, 1.82) is 0 Å². The van der Waals surface area contributed by atoms with Crippen LogP contribution in [0.3, 0.4) is 0 Å². The van der Waals surface area contributed by atoms with E-state index in [2.05, 4.69) is 17.1 Å². The smallest absolute Gasteiger partial charge is 0.237 e. The molecule has 0 spiro atoms. The van der Waals surface area contributed by atoms with Gasteiger partial charge in [0.2, 0.25) is 11.8 Å². The summed E-state index contributed by atoms with van der Waals surface area (Å²) in [5, 5.41) is 2.74. The van der Waals surface area contributed by atoms with E-state index in [4.69, 9.17) is 0 Å². The summed E-state index contributed by atoms with van der Waals surface area (Å²) in [7, 11) is 3.71. The molecule has 0 aromatic heterocycles. The molecule has 0 aromatic rings. The molecule has 1 saturated carbocycles. The highest BCUT2D eigenvalue weighted by atomic mass is 16.2. The predicted molar refractivity (Wildman–Crippen MR) is 76.0 cm³/mol. The Hall–Kier alpha value is -1.10. The van der Waals surface area contributed by atoms with Crippen LogP contribution < -0.4 is 5.32 Å². The van der Waals surface area contributed by atoms with Crippen LogP contribution >= 0.6 is 0 Å². The second-order valence-electron chi connectivity index (χ2n) is 6.88. The molecule has 3 fully saturated rings. The molecule has 0 aromatic carbocycles. The first-order valence-electron chi connectivity index (χ1n) is 7.73. The second-order valence-corrected chi connectivity index (χ2v) is 6.88. The molecule has 112 valence electrons. The van der Waals surface area contributed by atoms with Gasteiger partial charge in [0.05, 0.1) is 6.04 Å². The van der Waals surface area contributed by atoms with Crippen molar-refractivity contribution in [2.75, 3.05) is 27.2 Å². The fourth-order valence-electron chi connectivity index (χ4n) is 4.23. The van der Waals surface area contributed by atoms with Crippen LogP contribution in [-0.2, 0) is 9.59 Å². The maximum atomic E-state index is 12.4. The fraction of sp³-hybridized carbons (Fsp3) is 0.867. The molecule has 3 atom stereocenters. The Bertz CT molecular complexity index is 419. The monoisotopic (exact) mass is 279 g/mol. The number of hydrogen-bond acceptors (Lipinski definition) is 3. The van der Waals surface area contributed by atoms with Crippen molar-refractivity contribution in [2.24, 2.45) is 17.8 Å². The van der Waals surface area contributed by atoms with Gasteiger partial charge in [0.1, 0.15) is 0 Å². The van der Waals surface area contributed by atoms with E-state index < -0.39 is 0 Å². The van der Waals surface area contributed by atoms with Gasteiger partial charge in [-0.15, -0.1) is 0 Å². The number of rotatable bonds is 2. The van der Waals surface area contributed by atoms with Gasteiger partial charge in [-0.3, -0.25) is 14.5 Å². The average molecular weight is 279 g/mol. The van der Waals surface area contributed by atoms with E-state index in [1.807, 2.05) is 11.9 Å². The topological polar surface area (TPSA) is 52.7 Å². The lowest BCUT2D eigenvalue weighted by Gasteiger charge is -2.35. The SMILES string of the molecule is CNC(=O)[C@@H]1C[C@H]2CN(C(=O)C3CC(C)C3)C[C@H]2N1C. The van der Waals surface area contributed by atoms with Crippen LogP contribution in [0, 0.1) is 17.8 Å². The minimum absolute atomic E-state index is 0.0176. The largest absolute Gasteiger partial charge is 0.358 e. The maximum absolute atomic E-state index is 12.4. The highest BCUT2D eigenvalue weighted by Crippen LogP contribution is 2.39. The third-order valence-corrected chi connectivity index (χ3v) is 5.53. The summed E-state index contributed by atoms with van der Waals surface area (Å²) in [6.07, 6.45) is 2.99. The molecule has 0 radical (unpaired) electrons. The zero-order valence-corrected chi connectivity index (χ0v) is 12.6. The van der Waals surface area contributed by atoms with Crippen molar-refractivity contribution in [3.63, 3.8) is 0 Å². The summed E-state index contributed by atoms with van der Waals surface area (Å²) in [6.45, 7) is 3.86. The Morgan fingerprint density at radius 3 is 2.40 bits per heavy atom. The van der Waals surface area contributed by atoms with E-state index in [-0.39, 0.29) is 17.9 Å². The molecule has 2 saturated heterocycles. The van der Waals surface area contributed by atoms with Crippen molar-refractivity contribution in [3.05, 3.63) is 0 Å². The Kier molecular flexibility index (Phi) is 3.48. The third kappa shape index (κ3) is 2.12. The second kappa shape index (κ2) is 5.02. The van der Waals surface area contributed by atoms with E-state index >= 15 is 0 Å². The van der Waals surface area contributed by atoms with Crippen molar-refractivity contribution in [2.45, 2.75) is 38.3 Å². The number of carbonyl (C=O) groups is 2. The van der Waals surface area contributed by atoms with E-state index in [1.165, 1.54) is 0 Å². The number of amides is 2. The van der Waals surface area contributed by atoms with Crippen LogP contribution in [0.1, 0.15) is 26.2 Å². The van der Waals surface area contributed by atoms with Crippen molar-refractivity contribution in [1.82, 2.24) is 15.1 Å². The minimum Gasteiger partial charge on any atom is -0.358 e. The van der Waals surface area contributed by atoms with Crippen LogP contribution in [0.2, 0.25) is 0 Å². The van der Waals surface area contributed by atoms with Crippen LogP contribution in [-0.4, -0.2) is 60.9 Å². The Morgan fingerprint density at radius 1 is 1.15 bits per heavy atom. The van der Waals surface area contributed by atoms with E-state index in [0.717, 1.165) is 32.4 Å². The molecular formula is C15H25N3O2. The number of fused-ring (bicyclic) bond motifs is 1. The van der Waals surface area contributed by atoms with Gasteiger partial charge in [-0.05, 0) is 38.1 Å². The summed E-state index contributed by atoms with van der Waals surface area (Å²) in [5.41, 5.74) is 0. The summed E-state index contributed by atoms with van der Waals surface area (Å²) in [5.74, 6) is 1.90. The number of likely N-dealkylation sites (N-methyl/N-ethyl adjacent to an activating group) is 2. The third-order valence-electron chi connectivity index (χ3n) is 5.53. The van der Waals surface area contributed by atoms with E-state index in [0.29, 0.717) is 23.8 Å². The molecule has 2 aliphatic heterocycles. The zero-order valence-electron chi connectivity index (χ0n) is 12.6. The van der Waals surface area contributed by atoms with Crippen molar-refractivity contribution in [3.8, 4) is 0 Å². The van der Waals surface area contributed by atoms with Crippen molar-refractivity contribution < 1.29 is 9.59 Å². The molecule has 20 heavy (non-hydrogen) atoms. The van der Waals surface area contributed by atoms with E-state index in [1.54, 1.807) is 7.05 Å². The normalized spacial score (nSPS) is 40.4. The molecule has 2 heterocycles. The van der Waals surface area contributed by atoms with Gasteiger partial charge in [0.25, 0.3) is 0 Å². The molecule has 0 bridgehead atoms. The van der Waals surface area contributed by atoms with E-state index in [9.17, 15) is 9.59 Å². The highest BCUT2D eigenvalue weighted by Gasteiger charge is 2.49. The van der Waals surface area contributed by atoms with Gasteiger partial charge in [-0.25, -0.2) is 0 Å². The molecule has 5 heteroatoms. The molecule has 2 amide bonds. The Morgan fingerprint density at radius 2 is 1.85 bits per heavy atom. The quantitative estimate of drug-likeness (QED) is 0.791. The average Bonchev–Trinajstić information content (AvgIpc) is 2.94. The standard InChI is InChI=1S/C15H25N3O2/c1-9-4-10(5-9)15(20)18-7-11-6-12(14(19)16-2)17(3)13(11)8-18/h9-13H,4-8H2,1-3H3,(H,16,19)/t9?,10?,11-,12-,13+/m0/s1. The number of hydrogen-bond donors (Lipinski definition) is 1. The molecule has 5 nitrogen and oxygen atoms in total. The van der Waals surface area contributed by atoms with Crippen molar-refractivity contribution >= 4 is 11.8 Å². The molecule has 1 aliphatic carbocycles. The predicted octanol–water partition coefficient (Wildman–Crippen LogP) is 0.310. The van der Waals surface area contributed by atoms with Crippen LogP contribution in [0.4, 0.5) is 0 Å².